The Labute approximate surface area is 126 Å². The third kappa shape index (κ3) is 2.85. The Balaban J connectivity index is 2.30. The number of nitrogen functional groups attached to an aromatic ring is 1. The lowest BCUT2D eigenvalue weighted by atomic mass is 10.2. The van der Waals surface area contributed by atoms with Crippen molar-refractivity contribution >= 4 is 33.2 Å². The highest BCUT2D eigenvalue weighted by atomic mass is 79.9. The Morgan fingerprint density at radius 2 is 2.10 bits per heavy atom. The number of amides is 1. The largest absolute Gasteiger partial charge is 0.398 e. The molecule has 2 aromatic rings. The molecule has 0 radical (unpaired) electrons. The molecule has 5 nitrogen and oxygen atoms in total. The van der Waals surface area contributed by atoms with Gasteiger partial charge in [-0.15, -0.1) is 0 Å². The molecule has 0 fully saturated rings. The third-order valence-corrected chi connectivity index (χ3v) is 3.69. The molecule has 0 unspecified atom stereocenters. The lowest BCUT2D eigenvalue weighted by molar-refractivity contribution is 0.101. The van der Waals surface area contributed by atoms with Crippen LogP contribution in [0.1, 0.15) is 28.7 Å². The lowest BCUT2D eigenvalue weighted by Crippen LogP contribution is -2.17. The first kappa shape index (κ1) is 14.6. The van der Waals surface area contributed by atoms with Crippen molar-refractivity contribution in [1.82, 2.24) is 9.78 Å². The number of halogens is 1. The first-order valence-electron chi connectivity index (χ1n) is 6.33. The number of carbonyl (C=O) groups is 1. The molecule has 106 valence electrons. The molecule has 0 saturated carbocycles. The van der Waals surface area contributed by atoms with Gasteiger partial charge in [-0.05, 0) is 60.5 Å². The van der Waals surface area contributed by atoms with Gasteiger partial charge in [-0.25, -0.2) is 0 Å². The Kier molecular flexibility index (Phi) is 4.13. The lowest BCUT2D eigenvalue weighted by Gasteiger charge is -2.10. The van der Waals surface area contributed by atoms with E-state index in [1.54, 1.807) is 16.8 Å². The van der Waals surface area contributed by atoms with Crippen LogP contribution in [0.3, 0.4) is 0 Å². The summed E-state index contributed by atoms with van der Waals surface area (Å²) in [5, 5.41) is 7.12. The molecule has 1 aromatic heterocycles. The number of anilines is 2. The fraction of sp³-hybridized carbons (Fsp3) is 0.286. The van der Waals surface area contributed by atoms with Crippen molar-refractivity contribution in [2.24, 2.45) is 0 Å². The van der Waals surface area contributed by atoms with Crippen LogP contribution in [0.25, 0.3) is 0 Å². The number of hydrogen-bond acceptors (Lipinski definition) is 3. The molecule has 2 rings (SSSR count). The molecule has 0 aliphatic rings. The van der Waals surface area contributed by atoms with E-state index in [0.717, 1.165) is 15.7 Å². The zero-order chi connectivity index (χ0) is 14.9. The summed E-state index contributed by atoms with van der Waals surface area (Å²) in [6, 6.07) is 5.40. The van der Waals surface area contributed by atoms with E-state index >= 15 is 0 Å². The number of hydrogen-bond donors (Lipinski definition) is 2. The van der Waals surface area contributed by atoms with E-state index in [-0.39, 0.29) is 5.91 Å². The Bertz CT molecular complexity index is 663. The number of benzene rings is 1. The SMILES string of the molecule is CCn1nc(C)cc1C(=O)Nc1cc(N)c(C)cc1Br. The summed E-state index contributed by atoms with van der Waals surface area (Å²) >= 11 is 3.43. The molecule has 1 heterocycles. The van der Waals surface area contributed by atoms with Crippen LogP contribution in [0.2, 0.25) is 0 Å². The monoisotopic (exact) mass is 336 g/mol. The predicted molar refractivity (Wildman–Crippen MR) is 83.9 cm³/mol. The molecule has 0 saturated heterocycles. The summed E-state index contributed by atoms with van der Waals surface area (Å²) < 4.78 is 2.48. The second kappa shape index (κ2) is 5.66. The van der Waals surface area contributed by atoms with Gasteiger partial charge in [0, 0.05) is 16.7 Å². The second-order valence-corrected chi connectivity index (χ2v) is 5.48. The predicted octanol–water partition coefficient (Wildman–Crippen LogP) is 3.12. The van der Waals surface area contributed by atoms with Gasteiger partial charge in [0.15, 0.2) is 0 Å². The summed E-state index contributed by atoms with van der Waals surface area (Å²) in [5.41, 5.74) is 9.49. The molecule has 3 N–H and O–H groups in total. The highest BCUT2D eigenvalue weighted by Gasteiger charge is 2.15. The van der Waals surface area contributed by atoms with Gasteiger partial charge in [0.05, 0.1) is 11.4 Å². The molecule has 0 spiro atoms. The van der Waals surface area contributed by atoms with E-state index in [4.69, 9.17) is 5.73 Å². The molecule has 0 atom stereocenters. The molecule has 1 aromatic carbocycles. The molecular weight excluding hydrogens is 320 g/mol. The van der Waals surface area contributed by atoms with E-state index in [9.17, 15) is 4.79 Å². The van der Waals surface area contributed by atoms with Gasteiger partial charge in [0.1, 0.15) is 5.69 Å². The van der Waals surface area contributed by atoms with Gasteiger partial charge in [-0.1, -0.05) is 0 Å². The van der Waals surface area contributed by atoms with Gasteiger partial charge in [-0.2, -0.15) is 5.10 Å². The van der Waals surface area contributed by atoms with Gasteiger partial charge in [0.25, 0.3) is 5.91 Å². The van der Waals surface area contributed by atoms with Crippen molar-refractivity contribution in [3.63, 3.8) is 0 Å². The number of aromatic nitrogens is 2. The standard InChI is InChI=1S/C14H17BrN4O/c1-4-19-13(6-9(3)18-19)14(20)17-12-7-11(16)8(2)5-10(12)15/h5-7H,4,16H2,1-3H3,(H,17,20). The van der Waals surface area contributed by atoms with Crippen LogP contribution in [-0.2, 0) is 6.54 Å². The van der Waals surface area contributed by atoms with Crippen LogP contribution in [0.5, 0.6) is 0 Å². The van der Waals surface area contributed by atoms with Crippen molar-refractivity contribution in [2.75, 3.05) is 11.1 Å². The summed E-state index contributed by atoms with van der Waals surface area (Å²) in [6.45, 7) is 6.38. The van der Waals surface area contributed by atoms with E-state index in [1.807, 2.05) is 26.8 Å². The molecular formula is C14H17BrN4O. The number of aryl methyl sites for hydroxylation is 3. The first-order valence-corrected chi connectivity index (χ1v) is 7.13. The third-order valence-electron chi connectivity index (χ3n) is 3.04. The topological polar surface area (TPSA) is 72.9 Å². The van der Waals surface area contributed by atoms with Crippen molar-refractivity contribution in [2.45, 2.75) is 27.3 Å². The minimum atomic E-state index is -0.198. The summed E-state index contributed by atoms with van der Waals surface area (Å²) in [5.74, 6) is -0.198. The van der Waals surface area contributed by atoms with Crippen LogP contribution >= 0.6 is 15.9 Å². The van der Waals surface area contributed by atoms with Gasteiger partial charge in [-0.3, -0.25) is 9.48 Å². The van der Waals surface area contributed by atoms with Crippen LogP contribution in [-0.4, -0.2) is 15.7 Å². The van der Waals surface area contributed by atoms with Crippen LogP contribution in [0.4, 0.5) is 11.4 Å². The first-order chi connectivity index (χ1) is 9.42. The van der Waals surface area contributed by atoms with Crippen LogP contribution in [0.15, 0.2) is 22.7 Å². The molecule has 0 aliphatic heterocycles. The van der Waals surface area contributed by atoms with E-state index < -0.39 is 0 Å². The Morgan fingerprint density at radius 1 is 1.40 bits per heavy atom. The maximum Gasteiger partial charge on any atom is 0.273 e. The fourth-order valence-electron chi connectivity index (χ4n) is 1.94. The second-order valence-electron chi connectivity index (χ2n) is 4.63. The smallest absolute Gasteiger partial charge is 0.273 e. The highest BCUT2D eigenvalue weighted by molar-refractivity contribution is 9.10. The van der Waals surface area contributed by atoms with Gasteiger partial charge < -0.3 is 11.1 Å². The van der Waals surface area contributed by atoms with Gasteiger partial charge >= 0.3 is 0 Å². The maximum atomic E-state index is 12.3. The molecule has 6 heteroatoms. The van der Waals surface area contributed by atoms with Crippen molar-refractivity contribution in [1.29, 1.82) is 0 Å². The summed E-state index contributed by atoms with van der Waals surface area (Å²) in [6.07, 6.45) is 0. The normalized spacial score (nSPS) is 10.6. The van der Waals surface area contributed by atoms with E-state index in [2.05, 4.69) is 26.3 Å². The zero-order valence-corrected chi connectivity index (χ0v) is 13.3. The van der Waals surface area contributed by atoms with Crippen molar-refractivity contribution in [3.05, 3.63) is 39.6 Å². The Morgan fingerprint density at radius 3 is 2.75 bits per heavy atom. The summed E-state index contributed by atoms with van der Waals surface area (Å²) in [4.78, 5) is 12.3. The average Bonchev–Trinajstić information content (AvgIpc) is 2.77. The molecule has 20 heavy (non-hydrogen) atoms. The highest BCUT2D eigenvalue weighted by Crippen LogP contribution is 2.28. The Hall–Kier alpha value is -1.82. The van der Waals surface area contributed by atoms with Crippen molar-refractivity contribution in [3.8, 4) is 0 Å². The average molecular weight is 337 g/mol. The quantitative estimate of drug-likeness (QED) is 0.845. The number of nitrogens with one attached hydrogen (secondary N) is 1. The zero-order valence-electron chi connectivity index (χ0n) is 11.7. The minimum Gasteiger partial charge on any atom is -0.398 e. The summed E-state index contributed by atoms with van der Waals surface area (Å²) in [7, 11) is 0. The molecule has 0 aliphatic carbocycles. The molecule has 0 bridgehead atoms. The maximum absolute atomic E-state index is 12.3. The van der Waals surface area contributed by atoms with Crippen LogP contribution < -0.4 is 11.1 Å². The van der Waals surface area contributed by atoms with E-state index in [0.29, 0.717) is 23.6 Å². The number of nitrogens with two attached hydrogens (primary N) is 1. The molecule has 1 amide bonds. The number of rotatable bonds is 3. The van der Waals surface area contributed by atoms with Gasteiger partial charge in [0.2, 0.25) is 0 Å². The number of carbonyl (C=O) groups excluding carboxylic acids is 1. The van der Waals surface area contributed by atoms with E-state index in [1.165, 1.54) is 0 Å². The fourth-order valence-corrected chi connectivity index (χ4v) is 2.50. The number of nitrogens with zero attached hydrogens (tertiary/aromatic N) is 2. The van der Waals surface area contributed by atoms with Crippen LogP contribution in [0, 0.1) is 13.8 Å². The van der Waals surface area contributed by atoms with Crippen molar-refractivity contribution < 1.29 is 4.79 Å². The minimum absolute atomic E-state index is 0.198.